The van der Waals surface area contributed by atoms with Crippen molar-refractivity contribution in [2.75, 3.05) is 0 Å². The standard InChI is InChI=1S/C7H4BrFO2.Na/c8-5-3-1-2-4(6(5)9)7(10)11;/h1-3H,(H,10,11);/q;+1/p-1. The molecular formula is C7H3BrFNaO2. The van der Waals surface area contributed by atoms with Crippen LogP contribution in [-0.4, -0.2) is 5.97 Å². The number of carboxylic acid groups (broad SMARTS) is 1. The van der Waals surface area contributed by atoms with Crippen molar-refractivity contribution < 1.29 is 43.8 Å². The van der Waals surface area contributed by atoms with Crippen molar-refractivity contribution >= 4 is 21.9 Å². The summed E-state index contributed by atoms with van der Waals surface area (Å²) in [6.45, 7) is 0. The first-order valence-electron chi connectivity index (χ1n) is 2.78. The van der Waals surface area contributed by atoms with E-state index in [1.807, 2.05) is 0 Å². The molecule has 0 aliphatic heterocycles. The Balaban J connectivity index is 0.00000121. The largest absolute Gasteiger partial charge is 1.00 e. The van der Waals surface area contributed by atoms with E-state index in [2.05, 4.69) is 15.9 Å². The third-order valence-corrected chi connectivity index (χ3v) is 1.78. The summed E-state index contributed by atoms with van der Waals surface area (Å²) in [5, 5.41) is 10.2. The summed E-state index contributed by atoms with van der Waals surface area (Å²) >= 11 is 2.85. The summed E-state index contributed by atoms with van der Waals surface area (Å²) in [7, 11) is 0. The van der Waals surface area contributed by atoms with Gasteiger partial charge in [0.25, 0.3) is 0 Å². The Morgan fingerprint density at radius 2 is 2.08 bits per heavy atom. The van der Waals surface area contributed by atoms with Crippen LogP contribution in [0, 0.1) is 5.82 Å². The normalized spacial score (nSPS) is 8.83. The third-order valence-electron chi connectivity index (χ3n) is 1.17. The number of benzene rings is 1. The molecule has 0 amide bonds. The van der Waals surface area contributed by atoms with E-state index in [-0.39, 0.29) is 34.0 Å². The van der Waals surface area contributed by atoms with Crippen LogP contribution in [0.5, 0.6) is 0 Å². The molecule has 5 heteroatoms. The van der Waals surface area contributed by atoms with Gasteiger partial charge in [-0.1, -0.05) is 12.1 Å². The van der Waals surface area contributed by atoms with E-state index in [1.165, 1.54) is 12.1 Å². The molecule has 0 radical (unpaired) electrons. The van der Waals surface area contributed by atoms with Gasteiger partial charge in [-0.15, -0.1) is 0 Å². The molecule has 0 saturated carbocycles. The minimum absolute atomic E-state index is 0. The van der Waals surface area contributed by atoms with Crippen molar-refractivity contribution in [1.29, 1.82) is 0 Å². The van der Waals surface area contributed by atoms with Crippen molar-refractivity contribution in [3.8, 4) is 0 Å². The molecule has 0 N–H and O–H groups in total. The number of carboxylic acids is 1. The molecule has 2 nitrogen and oxygen atoms in total. The van der Waals surface area contributed by atoms with Gasteiger partial charge in [0.2, 0.25) is 0 Å². The van der Waals surface area contributed by atoms with E-state index in [1.54, 1.807) is 0 Å². The van der Waals surface area contributed by atoms with Gasteiger partial charge in [-0.3, -0.25) is 0 Å². The fourth-order valence-corrected chi connectivity index (χ4v) is 1.03. The Labute approximate surface area is 99.2 Å². The topological polar surface area (TPSA) is 40.1 Å². The number of hydrogen-bond donors (Lipinski definition) is 0. The van der Waals surface area contributed by atoms with Crippen LogP contribution in [0.3, 0.4) is 0 Å². The van der Waals surface area contributed by atoms with Crippen LogP contribution >= 0.6 is 15.9 Å². The fraction of sp³-hybridized carbons (Fsp3) is 0. The molecule has 1 aromatic carbocycles. The average molecular weight is 241 g/mol. The molecule has 0 aliphatic carbocycles. The maximum atomic E-state index is 12.8. The van der Waals surface area contributed by atoms with Crippen molar-refractivity contribution in [1.82, 2.24) is 0 Å². The van der Waals surface area contributed by atoms with E-state index in [0.717, 1.165) is 6.07 Å². The zero-order chi connectivity index (χ0) is 8.43. The van der Waals surface area contributed by atoms with E-state index in [4.69, 9.17) is 0 Å². The number of carbonyl (C=O) groups is 1. The summed E-state index contributed by atoms with van der Waals surface area (Å²) < 4.78 is 12.9. The Bertz CT molecular complexity index is 303. The molecule has 1 aromatic rings. The van der Waals surface area contributed by atoms with E-state index >= 15 is 0 Å². The van der Waals surface area contributed by atoms with Crippen LogP contribution in [0.15, 0.2) is 22.7 Å². The Kier molecular flexibility index (Phi) is 5.01. The van der Waals surface area contributed by atoms with Gasteiger partial charge in [0.1, 0.15) is 5.82 Å². The number of carbonyl (C=O) groups excluding carboxylic acids is 1. The van der Waals surface area contributed by atoms with Crippen molar-refractivity contribution in [2.24, 2.45) is 0 Å². The van der Waals surface area contributed by atoms with Crippen molar-refractivity contribution in [3.05, 3.63) is 34.1 Å². The second kappa shape index (κ2) is 4.97. The molecular weight excluding hydrogens is 238 g/mol. The molecule has 0 fully saturated rings. The van der Waals surface area contributed by atoms with Gasteiger partial charge in [-0.2, -0.15) is 0 Å². The molecule has 0 atom stereocenters. The molecule has 1 rings (SSSR count). The van der Waals surface area contributed by atoms with Crippen molar-refractivity contribution in [3.63, 3.8) is 0 Å². The zero-order valence-electron chi connectivity index (χ0n) is 6.30. The molecule has 12 heavy (non-hydrogen) atoms. The maximum Gasteiger partial charge on any atom is 1.00 e. The van der Waals surface area contributed by atoms with Crippen LogP contribution in [0.2, 0.25) is 0 Å². The maximum absolute atomic E-state index is 12.8. The van der Waals surface area contributed by atoms with Gasteiger partial charge in [-0.05, 0) is 22.0 Å². The molecule has 58 valence electrons. The second-order valence-electron chi connectivity index (χ2n) is 1.89. The second-order valence-corrected chi connectivity index (χ2v) is 2.74. The van der Waals surface area contributed by atoms with Crippen LogP contribution in [-0.2, 0) is 0 Å². The monoisotopic (exact) mass is 240 g/mol. The first kappa shape index (κ1) is 12.1. The average Bonchev–Trinajstić information content (AvgIpc) is 1.94. The summed E-state index contributed by atoms with van der Waals surface area (Å²) in [6.07, 6.45) is 0. The van der Waals surface area contributed by atoms with Crippen LogP contribution < -0.4 is 34.7 Å². The van der Waals surface area contributed by atoms with Gasteiger partial charge in [-0.25, -0.2) is 4.39 Å². The van der Waals surface area contributed by atoms with Crippen LogP contribution in [0.1, 0.15) is 10.4 Å². The molecule has 0 aliphatic rings. The van der Waals surface area contributed by atoms with Crippen molar-refractivity contribution in [2.45, 2.75) is 0 Å². The number of halogens is 2. The van der Waals surface area contributed by atoms with Crippen LogP contribution in [0.25, 0.3) is 0 Å². The summed E-state index contributed by atoms with van der Waals surface area (Å²) in [6, 6.07) is 4.00. The molecule has 0 unspecified atom stereocenters. The Morgan fingerprint density at radius 1 is 1.50 bits per heavy atom. The number of rotatable bonds is 1. The van der Waals surface area contributed by atoms with Gasteiger partial charge in [0.15, 0.2) is 0 Å². The zero-order valence-corrected chi connectivity index (χ0v) is 9.89. The van der Waals surface area contributed by atoms with Gasteiger partial charge >= 0.3 is 29.6 Å². The minimum atomic E-state index is -1.51. The third kappa shape index (κ3) is 2.55. The van der Waals surface area contributed by atoms with Crippen LogP contribution in [0.4, 0.5) is 4.39 Å². The van der Waals surface area contributed by atoms with E-state index < -0.39 is 17.3 Å². The predicted molar refractivity (Wildman–Crippen MR) is 38.4 cm³/mol. The first-order valence-corrected chi connectivity index (χ1v) is 3.57. The summed E-state index contributed by atoms with van der Waals surface area (Å²) in [5.74, 6) is -2.31. The fourth-order valence-electron chi connectivity index (χ4n) is 0.661. The first-order chi connectivity index (χ1) is 5.13. The molecule has 0 heterocycles. The molecule has 0 spiro atoms. The minimum Gasteiger partial charge on any atom is -0.545 e. The van der Waals surface area contributed by atoms with Gasteiger partial charge in [0, 0.05) is 5.56 Å². The molecule has 0 saturated heterocycles. The molecule has 0 bridgehead atoms. The Morgan fingerprint density at radius 3 is 2.50 bits per heavy atom. The van der Waals surface area contributed by atoms with E-state index in [0.29, 0.717) is 0 Å². The smallest absolute Gasteiger partial charge is 0.545 e. The summed E-state index contributed by atoms with van der Waals surface area (Å²) in [4.78, 5) is 10.2. The number of hydrogen-bond acceptors (Lipinski definition) is 2. The Hall–Kier alpha value is 0.1000. The molecule has 0 aromatic heterocycles. The predicted octanol–water partition coefficient (Wildman–Crippen LogP) is -2.04. The van der Waals surface area contributed by atoms with Gasteiger partial charge < -0.3 is 9.90 Å². The SMILES string of the molecule is O=C([O-])c1cccc(Br)c1F.[Na+]. The van der Waals surface area contributed by atoms with Gasteiger partial charge in [0.05, 0.1) is 10.4 Å². The summed E-state index contributed by atoms with van der Waals surface area (Å²) in [5.41, 5.74) is -0.431. The quantitative estimate of drug-likeness (QED) is 0.531. The van der Waals surface area contributed by atoms with E-state index in [9.17, 15) is 14.3 Å². The number of aromatic carboxylic acids is 1.